The highest BCUT2D eigenvalue weighted by Gasteiger charge is 2.45. The van der Waals surface area contributed by atoms with Gasteiger partial charge in [0, 0.05) is 37.5 Å². The number of hydrogen-bond acceptors (Lipinski definition) is 6. The lowest BCUT2D eigenvalue weighted by atomic mass is 9.94. The van der Waals surface area contributed by atoms with Crippen LogP contribution in [0.3, 0.4) is 0 Å². The number of rotatable bonds is 8. The number of aromatic nitrogens is 2. The highest BCUT2D eigenvalue weighted by molar-refractivity contribution is 6.46. The van der Waals surface area contributed by atoms with Gasteiger partial charge in [0.2, 0.25) is 0 Å². The number of amides is 1. The van der Waals surface area contributed by atoms with Crippen molar-refractivity contribution < 1.29 is 24.2 Å². The van der Waals surface area contributed by atoms with E-state index in [-0.39, 0.29) is 17.4 Å². The lowest BCUT2D eigenvalue weighted by Crippen LogP contribution is -2.31. The quantitative estimate of drug-likeness (QED) is 0.292. The van der Waals surface area contributed by atoms with Crippen LogP contribution in [0, 0.1) is 0 Å². The number of aliphatic hydroxyl groups excluding tert-OH is 1. The maximum atomic E-state index is 13.3. The Labute approximate surface area is 209 Å². The molecule has 5 rings (SSSR count). The normalized spacial score (nSPS) is 20.4. The summed E-state index contributed by atoms with van der Waals surface area (Å²) in [5.41, 5.74) is 2.30. The van der Waals surface area contributed by atoms with Gasteiger partial charge in [0.25, 0.3) is 11.7 Å². The number of ketones is 1. The highest BCUT2D eigenvalue weighted by atomic mass is 16.5. The van der Waals surface area contributed by atoms with Crippen LogP contribution in [0.2, 0.25) is 0 Å². The molecule has 1 fully saturated rings. The second-order valence-corrected chi connectivity index (χ2v) is 9.10. The minimum Gasteiger partial charge on any atom is -0.507 e. The molecule has 8 heteroatoms. The van der Waals surface area contributed by atoms with Gasteiger partial charge in [-0.05, 0) is 61.7 Å². The average Bonchev–Trinajstić information content (AvgIpc) is 3.58. The molecule has 0 spiro atoms. The van der Waals surface area contributed by atoms with E-state index >= 15 is 0 Å². The molecule has 0 bridgehead atoms. The predicted octanol–water partition coefficient (Wildman–Crippen LogP) is 4.12. The second-order valence-electron chi connectivity index (χ2n) is 9.10. The Hall–Kier alpha value is -4.07. The number of benzene rings is 2. The van der Waals surface area contributed by atoms with E-state index in [1.54, 1.807) is 29.6 Å². The standard InChI is InChI=1S/C28H29N3O5/c1-3-35-22-8-5-19(6-9-22)25-24(26(32)20-7-10-23-21(16-20)15-18(2)36-23)27(33)28(34)31(25)13-4-12-30-14-11-29-17-30/h5-11,14,16-18,25,32H,3-4,12-13,15H2,1-2H3/b26-24+/t18-,25+/m0/s1. The Bertz CT molecular complexity index is 1300. The van der Waals surface area contributed by atoms with E-state index in [1.807, 2.05) is 54.9 Å². The molecule has 0 aliphatic carbocycles. The molecule has 2 aliphatic heterocycles. The Morgan fingerprint density at radius 3 is 2.69 bits per heavy atom. The first-order valence-electron chi connectivity index (χ1n) is 12.2. The molecular weight excluding hydrogens is 458 g/mol. The molecule has 36 heavy (non-hydrogen) atoms. The van der Waals surface area contributed by atoms with E-state index in [9.17, 15) is 14.7 Å². The summed E-state index contributed by atoms with van der Waals surface area (Å²) in [7, 11) is 0. The Balaban J connectivity index is 1.52. The number of aryl methyl sites for hydroxylation is 1. The fraction of sp³-hybridized carbons (Fsp3) is 0.321. The molecule has 1 saturated heterocycles. The molecule has 2 aromatic carbocycles. The van der Waals surface area contributed by atoms with Gasteiger partial charge < -0.3 is 24.0 Å². The summed E-state index contributed by atoms with van der Waals surface area (Å²) < 4.78 is 13.3. The topological polar surface area (TPSA) is 93.9 Å². The van der Waals surface area contributed by atoms with Crippen LogP contribution < -0.4 is 9.47 Å². The zero-order valence-corrected chi connectivity index (χ0v) is 20.4. The predicted molar refractivity (Wildman–Crippen MR) is 134 cm³/mol. The summed E-state index contributed by atoms with van der Waals surface area (Å²) in [6.07, 6.45) is 6.69. The number of Topliss-reactive ketones (excluding diaryl/α,β-unsaturated/α-hetero) is 1. The van der Waals surface area contributed by atoms with Crippen molar-refractivity contribution in [2.45, 2.75) is 45.4 Å². The van der Waals surface area contributed by atoms with Gasteiger partial charge in [-0.25, -0.2) is 4.98 Å². The summed E-state index contributed by atoms with van der Waals surface area (Å²) in [6, 6.07) is 12.0. The molecule has 1 N–H and O–H groups in total. The number of nitrogens with zero attached hydrogens (tertiary/aromatic N) is 3. The average molecular weight is 488 g/mol. The van der Waals surface area contributed by atoms with Crippen molar-refractivity contribution in [2.24, 2.45) is 0 Å². The first-order valence-corrected chi connectivity index (χ1v) is 12.2. The van der Waals surface area contributed by atoms with Gasteiger partial charge in [-0.15, -0.1) is 0 Å². The third-order valence-electron chi connectivity index (χ3n) is 6.59. The van der Waals surface area contributed by atoms with E-state index < -0.39 is 17.7 Å². The molecule has 8 nitrogen and oxygen atoms in total. The third kappa shape index (κ3) is 4.46. The van der Waals surface area contributed by atoms with E-state index in [0.717, 1.165) is 23.3 Å². The van der Waals surface area contributed by atoms with E-state index in [2.05, 4.69) is 4.98 Å². The third-order valence-corrected chi connectivity index (χ3v) is 6.59. The minimum absolute atomic E-state index is 0.0577. The van der Waals surface area contributed by atoms with Gasteiger partial charge in [0.05, 0.1) is 24.5 Å². The number of fused-ring (bicyclic) bond motifs is 1. The number of carbonyl (C=O) groups excluding carboxylic acids is 2. The van der Waals surface area contributed by atoms with Gasteiger partial charge >= 0.3 is 0 Å². The molecule has 186 valence electrons. The van der Waals surface area contributed by atoms with E-state index in [0.29, 0.717) is 37.4 Å². The van der Waals surface area contributed by atoms with Crippen LogP contribution in [-0.2, 0) is 22.6 Å². The molecule has 2 aliphatic rings. The molecule has 3 heterocycles. The molecule has 0 radical (unpaired) electrons. The number of hydrogen-bond donors (Lipinski definition) is 1. The molecule has 1 amide bonds. The fourth-order valence-corrected chi connectivity index (χ4v) is 4.94. The maximum Gasteiger partial charge on any atom is 0.295 e. The molecule has 3 aromatic rings. The van der Waals surface area contributed by atoms with Gasteiger partial charge in [-0.3, -0.25) is 9.59 Å². The van der Waals surface area contributed by atoms with Gasteiger partial charge in [0.15, 0.2) is 0 Å². The number of ether oxygens (including phenoxy) is 2. The molecule has 0 saturated carbocycles. The molecular formula is C28H29N3O5. The Kier molecular flexibility index (Phi) is 6.50. The van der Waals surface area contributed by atoms with Crippen LogP contribution in [0.1, 0.15) is 43.0 Å². The lowest BCUT2D eigenvalue weighted by Gasteiger charge is -2.25. The van der Waals surface area contributed by atoms with Crippen molar-refractivity contribution in [3.63, 3.8) is 0 Å². The maximum absolute atomic E-state index is 13.3. The van der Waals surface area contributed by atoms with Crippen molar-refractivity contribution in [2.75, 3.05) is 13.2 Å². The number of imidazole rings is 1. The van der Waals surface area contributed by atoms with E-state index in [1.165, 1.54) is 0 Å². The van der Waals surface area contributed by atoms with Crippen LogP contribution in [0.25, 0.3) is 5.76 Å². The molecule has 1 aromatic heterocycles. The molecule has 2 atom stereocenters. The first kappa shape index (κ1) is 23.7. The zero-order chi connectivity index (χ0) is 25.2. The van der Waals surface area contributed by atoms with Crippen molar-refractivity contribution in [3.8, 4) is 11.5 Å². The fourth-order valence-electron chi connectivity index (χ4n) is 4.94. The van der Waals surface area contributed by atoms with Crippen LogP contribution in [0.15, 0.2) is 66.8 Å². The minimum atomic E-state index is -0.702. The number of carbonyl (C=O) groups is 2. The van der Waals surface area contributed by atoms with Crippen molar-refractivity contribution in [3.05, 3.63) is 83.4 Å². The highest BCUT2D eigenvalue weighted by Crippen LogP contribution is 2.41. The monoisotopic (exact) mass is 487 g/mol. The first-order chi connectivity index (χ1) is 17.5. The SMILES string of the molecule is CCOc1ccc([C@@H]2/C(=C(\O)c3ccc4c(c3)C[C@H](C)O4)C(=O)C(=O)N2CCCn2ccnc2)cc1. The summed E-state index contributed by atoms with van der Waals surface area (Å²) in [6.45, 7) is 5.44. The number of aliphatic hydroxyl groups is 1. The number of likely N-dealkylation sites (tertiary alicyclic amines) is 1. The van der Waals surface area contributed by atoms with Crippen LogP contribution >= 0.6 is 0 Å². The summed E-state index contributed by atoms with van der Waals surface area (Å²) >= 11 is 0. The van der Waals surface area contributed by atoms with Crippen molar-refractivity contribution in [1.29, 1.82) is 0 Å². The van der Waals surface area contributed by atoms with Crippen LogP contribution in [0.4, 0.5) is 0 Å². The zero-order valence-electron chi connectivity index (χ0n) is 20.4. The summed E-state index contributed by atoms with van der Waals surface area (Å²) in [5.74, 6) is 0.0122. The molecule has 0 unspecified atom stereocenters. The largest absolute Gasteiger partial charge is 0.507 e. The Morgan fingerprint density at radius 1 is 1.17 bits per heavy atom. The van der Waals surface area contributed by atoms with Crippen molar-refractivity contribution in [1.82, 2.24) is 14.5 Å². The Morgan fingerprint density at radius 2 is 1.97 bits per heavy atom. The summed E-state index contributed by atoms with van der Waals surface area (Å²) in [5, 5.41) is 11.4. The van der Waals surface area contributed by atoms with Crippen LogP contribution in [-0.4, -0.2) is 50.5 Å². The lowest BCUT2D eigenvalue weighted by molar-refractivity contribution is -0.139. The smallest absolute Gasteiger partial charge is 0.295 e. The van der Waals surface area contributed by atoms with Crippen LogP contribution in [0.5, 0.6) is 11.5 Å². The second kappa shape index (κ2) is 9.89. The van der Waals surface area contributed by atoms with Gasteiger partial charge in [-0.1, -0.05) is 12.1 Å². The van der Waals surface area contributed by atoms with E-state index in [4.69, 9.17) is 9.47 Å². The summed E-state index contributed by atoms with van der Waals surface area (Å²) in [4.78, 5) is 32.1. The van der Waals surface area contributed by atoms with Gasteiger partial charge in [-0.2, -0.15) is 0 Å². The van der Waals surface area contributed by atoms with Crippen molar-refractivity contribution >= 4 is 17.4 Å². The van der Waals surface area contributed by atoms with Gasteiger partial charge in [0.1, 0.15) is 23.4 Å².